The van der Waals surface area contributed by atoms with E-state index in [4.69, 9.17) is 29.0 Å². The second-order valence-corrected chi connectivity index (χ2v) is 5.26. The maximum absolute atomic E-state index is 13.4. The van der Waals surface area contributed by atoms with Crippen LogP contribution in [-0.2, 0) is 6.42 Å². The minimum absolute atomic E-state index is 0.294. The lowest BCUT2D eigenvalue weighted by molar-refractivity contribution is 0.628. The molecule has 0 radical (unpaired) electrons. The van der Waals surface area contributed by atoms with Gasteiger partial charge >= 0.3 is 0 Å². The molecule has 0 bridgehead atoms. The normalized spacial score (nSPS) is 13.5. The molecular formula is C13H11Cl2FN4. The van der Waals surface area contributed by atoms with Crippen LogP contribution >= 0.6 is 23.2 Å². The Labute approximate surface area is 125 Å². The number of nitrogens with one attached hydrogen (secondary N) is 1. The standard InChI is InChI=1S/C13H11Cl2FN4/c14-9-6-10(15)13(18-12(9)19-17)20-4-3-7-1-2-8(16)5-11(7)20/h1-2,5-6H,3-4,17H2,(H,18,19). The van der Waals surface area contributed by atoms with Gasteiger partial charge in [0, 0.05) is 12.2 Å². The Morgan fingerprint density at radius 1 is 1.25 bits per heavy atom. The van der Waals surface area contributed by atoms with Gasteiger partial charge in [0.1, 0.15) is 5.82 Å². The maximum Gasteiger partial charge on any atom is 0.161 e. The fourth-order valence-corrected chi connectivity index (χ4v) is 2.83. The van der Waals surface area contributed by atoms with Crippen molar-refractivity contribution in [2.45, 2.75) is 6.42 Å². The van der Waals surface area contributed by atoms with Gasteiger partial charge in [0.05, 0.1) is 10.0 Å². The third-order valence-corrected chi connectivity index (χ3v) is 3.81. The van der Waals surface area contributed by atoms with Crippen LogP contribution in [0.2, 0.25) is 10.0 Å². The molecule has 1 aliphatic rings. The highest BCUT2D eigenvalue weighted by atomic mass is 35.5. The highest BCUT2D eigenvalue weighted by Gasteiger charge is 2.24. The van der Waals surface area contributed by atoms with Crippen molar-refractivity contribution < 1.29 is 4.39 Å². The summed E-state index contributed by atoms with van der Waals surface area (Å²) in [6, 6.07) is 6.27. The molecule has 0 saturated carbocycles. The van der Waals surface area contributed by atoms with E-state index in [1.807, 2.05) is 4.90 Å². The zero-order valence-electron chi connectivity index (χ0n) is 10.3. The Morgan fingerprint density at radius 3 is 2.80 bits per heavy atom. The van der Waals surface area contributed by atoms with Crippen molar-refractivity contribution in [3.05, 3.63) is 45.7 Å². The first kappa shape index (κ1) is 13.4. The van der Waals surface area contributed by atoms with E-state index in [1.54, 1.807) is 12.1 Å². The summed E-state index contributed by atoms with van der Waals surface area (Å²) in [5.41, 5.74) is 4.24. The van der Waals surface area contributed by atoms with Crippen molar-refractivity contribution in [1.29, 1.82) is 0 Å². The lowest BCUT2D eigenvalue weighted by atomic mass is 10.2. The number of nitrogens with zero attached hydrogens (tertiary/aromatic N) is 2. The molecule has 1 aliphatic heterocycles. The average Bonchev–Trinajstić information content (AvgIpc) is 2.82. The number of fused-ring (bicyclic) bond motifs is 1. The molecule has 1 aromatic carbocycles. The van der Waals surface area contributed by atoms with E-state index < -0.39 is 0 Å². The summed E-state index contributed by atoms with van der Waals surface area (Å²) in [5, 5.41) is 0.728. The van der Waals surface area contributed by atoms with Crippen LogP contribution in [0.1, 0.15) is 5.56 Å². The number of rotatable bonds is 2. The molecule has 2 heterocycles. The van der Waals surface area contributed by atoms with Crippen LogP contribution < -0.4 is 16.2 Å². The summed E-state index contributed by atoms with van der Waals surface area (Å²) in [6.45, 7) is 0.678. The number of anilines is 3. The van der Waals surface area contributed by atoms with Crippen molar-refractivity contribution in [2.75, 3.05) is 16.9 Å². The largest absolute Gasteiger partial charge is 0.324 e. The van der Waals surface area contributed by atoms with Crippen LogP contribution in [0.5, 0.6) is 0 Å². The molecule has 0 atom stereocenters. The Balaban J connectivity index is 2.10. The maximum atomic E-state index is 13.4. The topological polar surface area (TPSA) is 54.2 Å². The second kappa shape index (κ2) is 5.09. The van der Waals surface area contributed by atoms with Crippen LogP contribution in [0, 0.1) is 5.82 Å². The summed E-state index contributed by atoms with van der Waals surface area (Å²) in [5.74, 6) is 5.91. The van der Waals surface area contributed by atoms with Crippen molar-refractivity contribution in [2.24, 2.45) is 5.84 Å². The summed E-state index contributed by atoms with van der Waals surface area (Å²) in [7, 11) is 0. The van der Waals surface area contributed by atoms with Crippen molar-refractivity contribution in [3.63, 3.8) is 0 Å². The number of aromatic nitrogens is 1. The highest BCUT2D eigenvalue weighted by Crippen LogP contribution is 2.39. The SMILES string of the molecule is NNc1nc(N2CCc3ccc(F)cc32)c(Cl)cc1Cl. The molecule has 0 aliphatic carbocycles. The number of nitrogens with two attached hydrogens (primary N) is 1. The number of hydrogen-bond acceptors (Lipinski definition) is 4. The molecule has 3 N–H and O–H groups in total. The van der Waals surface area contributed by atoms with E-state index in [9.17, 15) is 4.39 Å². The van der Waals surface area contributed by atoms with Crippen LogP contribution in [0.25, 0.3) is 0 Å². The number of pyridine rings is 1. The predicted octanol–water partition coefficient (Wildman–Crippen LogP) is 3.51. The van der Waals surface area contributed by atoms with Gasteiger partial charge < -0.3 is 10.3 Å². The first-order valence-electron chi connectivity index (χ1n) is 5.99. The number of nitrogen functional groups attached to an aromatic ring is 1. The van der Waals surface area contributed by atoms with Gasteiger partial charge in [-0.05, 0) is 30.2 Å². The van der Waals surface area contributed by atoms with E-state index in [2.05, 4.69) is 10.4 Å². The van der Waals surface area contributed by atoms with Gasteiger partial charge in [-0.3, -0.25) is 0 Å². The third kappa shape index (κ3) is 2.18. The predicted molar refractivity (Wildman–Crippen MR) is 79.2 cm³/mol. The monoisotopic (exact) mass is 312 g/mol. The molecule has 2 aromatic rings. The Hall–Kier alpha value is -1.56. The lowest BCUT2D eigenvalue weighted by Crippen LogP contribution is -2.17. The number of halogens is 3. The van der Waals surface area contributed by atoms with E-state index in [0.717, 1.165) is 17.7 Å². The minimum atomic E-state index is -0.294. The van der Waals surface area contributed by atoms with E-state index in [-0.39, 0.29) is 5.82 Å². The van der Waals surface area contributed by atoms with Crippen LogP contribution in [0.3, 0.4) is 0 Å². The molecule has 0 fully saturated rings. The van der Waals surface area contributed by atoms with E-state index >= 15 is 0 Å². The lowest BCUT2D eigenvalue weighted by Gasteiger charge is -2.20. The van der Waals surface area contributed by atoms with E-state index in [1.165, 1.54) is 12.1 Å². The number of hydrogen-bond donors (Lipinski definition) is 2. The molecule has 7 heteroatoms. The van der Waals surface area contributed by atoms with Crippen molar-refractivity contribution in [1.82, 2.24) is 4.98 Å². The van der Waals surface area contributed by atoms with Gasteiger partial charge in [-0.25, -0.2) is 15.2 Å². The third-order valence-electron chi connectivity index (χ3n) is 3.25. The van der Waals surface area contributed by atoms with Gasteiger partial charge in [0.2, 0.25) is 0 Å². The fraction of sp³-hybridized carbons (Fsp3) is 0.154. The second-order valence-electron chi connectivity index (χ2n) is 4.44. The molecule has 104 valence electrons. The summed E-state index contributed by atoms with van der Waals surface area (Å²) in [4.78, 5) is 6.16. The van der Waals surface area contributed by atoms with Gasteiger partial charge in [-0.2, -0.15) is 0 Å². The van der Waals surface area contributed by atoms with Crippen LogP contribution in [-0.4, -0.2) is 11.5 Å². The average molecular weight is 313 g/mol. The summed E-state index contributed by atoms with van der Waals surface area (Å²) >= 11 is 12.2. The summed E-state index contributed by atoms with van der Waals surface area (Å²) in [6.07, 6.45) is 0.807. The van der Waals surface area contributed by atoms with Gasteiger partial charge in [0.15, 0.2) is 11.6 Å². The number of benzene rings is 1. The van der Waals surface area contributed by atoms with E-state index in [0.29, 0.717) is 28.2 Å². The quantitative estimate of drug-likeness (QED) is 0.658. The molecule has 4 nitrogen and oxygen atoms in total. The van der Waals surface area contributed by atoms with Gasteiger partial charge in [0.25, 0.3) is 0 Å². The molecule has 20 heavy (non-hydrogen) atoms. The molecule has 1 aromatic heterocycles. The zero-order valence-corrected chi connectivity index (χ0v) is 11.8. The Bertz CT molecular complexity index is 678. The molecule has 0 unspecified atom stereocenters. The summed E-state index contributed by atoms with van der Waals surface area (Å²) < 4.78 is 13.4. The van der Waals surface area contributed by atoms with Crippen LogP contribution in [0.4, 0.5) is 21.7 Å². The highest BCUT2D eigenvalue weighted by molar-refractivity contribution is 6.37. The molecular weight excluding hydrogens is 302 g/mol. The molecule has 0 saturated heterocycles. The number of hydrazine groups is 1. The molecule has 3 rings (SSSR count). The minimum Gasteiger partial charge on any atom is -0.324 e. The smallest absolute Gasteiger partial charge is 0.161 e. The molecule has 0 amide bonds. The van der Waals surface area contributed by atoms with Crippen LogP contribution in [0.15, 0.2) is 24.3 Å². The van der Waals surface area contributed by atoms with Crippen molar-refractivity contribution in [3.8, 4) is 0 Å². The van der Waals surface area contributed by atoms with Gasteiger partial charge in [-0.15, -0.1) is 0 Å². The first-order valence-corrected chi connectivity index (χ1v) is 6.74. The Morgan fingerprint density at radius 2 is 2.05 bits per heavy atom. The first-order chi connectivity index (χ1) is 9.60. The zero-order chi connectivity index (χ0) is 14.3. The molecule has 0 spiro atoms. The Kier molecular flexibility index (Phi) is 3.41. The fourth-order valence-electron chi connectivity index (χ4n) is 2.32. The van der Waals surface area contributed by atoms with Crippen molar-refractivity contribution >= 4 is 40.5 Å². The van der Waals surface area contributed by atoms with Gasteiger partial charge in [-0.1, -0.05) is 29.3 Å².